The number of nitrogens with one attached hydrogen (secondary N) is 3. The average Bonchev–Trinajstić information content (AvgIpc) is 2.93. The van der Waals surface area contributed by atoms with Crippen LogP contribution < -0.4 is 16.0 Å². The number of amides is 4. The Morgan fingerprint density at radius 1 is 1.12 bits per heavy atom. The van der Waals surface area contributed by atoms with Crippen molar-refractivity contribution in [2.24, 2.45) is 0 Å². The summed E-state index contributed by atoms with van der Waals surface area (Å²) in [6.07, 6.45) is 0. The minimum atomic E-state index is -0.781. The van der Waals surface area contributed by atoms with Crippen molar-refractivity contribution >= 4 is 23.5 Å². The maximum atomic E-state index is 12.3. The number of imide groups is 1. The first kappa shape index (κ1) is 15.2. The van der Waals surface area contributed by atoms with Gasteiger partial charge in [0.05, 0.1) is 11.6 Å². The van der Waals surface area contributed by atoms with Crippen molar-refractivity contribution in [3.8, 4) is 6.07 Å². The molecule has 1 heterocycles. The molecule has 2 aromatic carbocycles. The minimum absolute atomic E-state index is 0.353. The molecular weight excluding hydrogens is 308 g/mol. The number of nitrogens with zero attached hydrogens (tertiary/aromatic N) is 1. The van der Waals surface area contributed by atoms with E-state index in [1.165, 1.54) is 6.07 Å². The Hall–Kier alpha value is -3.66. The SMILES string of the molecule is N#Cc1cccc(C(=O)Nc2cccc(C3NC(=O)NC3=O)c2)c1. The van der Waals surface area contributed by atoms with Crippen molar-refractivity contribution in [3.63, 3.8) is 0 Å². The summed E-state index contributed by atoms with van der Waals surface area (Å²) in [7, 11) is 0. The van der Waals surface area contributed by atoms with E-state index in [2.05, 4.69) is 16.0 Å². The van der Waals surface area contributed by atoms with Crippen molar-refractivity contribution in [1.82, 2.24) is 10.6 Å². The monoisotopic (exact) mass is 320 g/mol. The van der Waals surface area contributed by atoms with Crippen LogP contribution in [0.1, 0.15) is 27.5 Å². The summed E-state index contributed by atoms with van der Waals surface area (Å²) in [6, 6.07) is 13.6. The van der Waals surface area contributed by atoms with Crippen molar-refractivity contribution in [2.75, 3.05) is 5.32 Å². The molecule has 2 aromatic rings. The number of nitriles is 1. The number of anilines is 1. The molecule has 1 unspecified atom stereocenters. The zero-order valence-corrected chi connectivity index (χ0v) is 12.4. The van der Waals surface area contributed by atoms with Crippen LogP contribution in [0.5, 0.6) is 0 Å². The molecular formula is C17H12N4O3. The predicted molar refractivity (Wildman–Crippen MR) is 85.0 cm³/mol. The highest BCUT2D eigenvalue weighted by molar-refractivity contribution is 6.06. The number of rotatable bonds is 3. The van der Waals surface area contributed by atoms with Gasteiger partial charge in [0.2, 0.25) is 0 Å². The van der Waals surface area contributed by atoms with Crippen molar-refractivity contribution < 1.29 is 14.4 Å². The van der Waals surface area contributed by atoms with E-state index < -0.39 is 18.0 Å². The third kappa shape index (κ3) is 3.08. The number of carbonyl (C=O) groups is 3. The summed E-state index contributed by atoms with van der Waals surface area (Å²) in [5.41, 5.74) is 1.78. The van der Waals surface area contributed by atoms with E-state index in [1.54, 1.807) is 42.5 Å². The summed E-state index contributed by atoms with van der Waals surface area (Å²) < 4.78 is 0. The number of benzene rings is 2. The third-order valence-electron chi connectivity index (χ3n) is 3.51. The minimum Gasteiger partial charge on any atom is -0.322 e. The Morgan fingerprint density at radius 3 is 2.62 bits per heavy atom. The first-order valence-corrected chi connectivity index (χ1v) is 7.09. The fourth-order valence-electron chi connectivity index (χ4n) is 2.38. The number of hydrogen-bond acceptors (Lipinski definition) is 4. The van der Waals surface area contributed by atoms with E-state index in [4.69, 9.17) is 5.26 Å². The van der Waals surface area contributed by atoms with Gasteiger partial charge in [-0.1, -0.05) is 18.2 Å². The summed E-state index contributed by atoms with van der Waals surface area (Å²) in [6.45, 7) is 0. The second kappa shape index (κ2) is 6.22. The lowest BCUT2D eigenvalue weighted by atomic mass is 10.1. The van der Waals surface area contributed by atoms with Crippen LogP contribution in [0.15, 0.2) is 48.5 Å². The normalized spacial score (nSPS) is 16.0. The Morgan fingerprint density at radius 2 is 1.92 bits per heavy atom. The molecule has 0 aliphatic carbocycles. The molecule has 118 valence electrons. The van der Waals surface area contributed by atoms with E-state index in [9.17, 15) is 14.4 Å². The Bertz CT molecular complexity index is 885. The van der Waals surface area contributed by atoms with Crippen LogP contribution in [-0.2, 0) is 4.79 Å². The van der Waals surface area contributed by atoms with E-state index >= 15 is 0 Å². The molecule has 1 aliphatic heterocycles. The van der Waals surface area contributed by atoms with Gasteiger partial charge in [0.25, 0.3) is 11.8 Å². The Kier molecular flexibility index (Phi) is 3.95. The zero-order chi connectivity index (χ0) is 17.1. The van der Waals surface area contributed by atoms with Crippen LogP contribution in [0.2, 0.25) is 0 Å². The molecule has 0 aromatic heterocycles. The zero-order valence-electron chi connectivity index (χ0n) is 12.4. The van der Waals surface area contributed by atoms with Crippen LogP contribution in [0.25, 0.3) is 0 Å². The molecule has 0 radical (unpaired) electrons. The van der Waals surface area contributed by atoms with Gasteiger partial charge < -0.3 is 10.6 Å². The van der Waals surface area contributed by atoms with Crippen LogP contribution in [0.3, 0.4) is 0 Å². The van der Waals surface area contributed by atoms with Gasteiger partial charge in [-0.2, -0.15) is 5.26 Å². The molecule has 0 bridgehead atoms. The fraction of sp³-hybridized carbons (Fsp3) is 0.0588. The first-order valence-electron chi connectivity index (χ1n) is 7.09. The molecule has 7 heteroatoms. The van der Waals surface area contributed by atoms with Gasteiger partial charge in [-0.05, 0) is 35.9 Å². The lowest BCUT2D eigenvalue weighted by molar-refractivity contribution is -0.120. The lowest BCUT2D eigenvalue weighted by Crippen LogP contribution is -2.22. The van der Waals surface area contributed by atoms with Crippen molar-refractivity contribution in [2.45, 2.75) is 6.04 Å². The standard InChI is InChI=1S/C17H12N4O3/c18-9-10-3-1-5-12(7-10)15(22)19-13-6-2-4-11(8-13)14-16(23)21-17(24)20-14/h1-8,14H,(H,19,22)(H2,20,21,23,24). The highest BCUT2D eigenvalue weighted by Gasteiger charge is 2.30. The topological polar surface area (TPSA) is 111 Å². The molecule has 3 rings (SSSR count). The highest BCUT2D eigenvalue weighted by atomic mass is 16.2. The predicted octanol–water partition coefficient (Wildman–Crippen LogP) is 1.69. The Balaban J connectivity index is 1.79. The molecule has 3 N–H and O–H groups in total. The highest BCUT2D eigenvalue weighted by Crippen LogP contribution is 2.20. The van der Waals surface area contributed by atoms with E-state index in [-0.39, 0.29) is 5.91 Å². The van der Waals surface area contributed by atoms with E-state index in [0.29, 0.717) is 22.4 Å². The van der Waals surface area contributed by atoms with Gasteiger partial charge in [-0.15, -0.1) is 0 Å². The third-order valence-corrected chi connectivity index (χ3v) is 3.51. The van der Waals surface area contributed by atoms with Gasteiger partial charge in [-0.3, -0.25) is 14.9 Å². The van der Waals surface area contributed by atoms with Crippen LogP contribution in [0, 0.1) is 11.3 Å². The van der Waals surface area contributed by atoms with Gasteiger partial charge in [0, 0.05) is 11.3 Å². The summed E-state index contributed by atoms with van der Waals surface area (Å²) in [5.74, 6) is -0.811. The van der Waals surface area contributed by atoms with Crippen LogP contribution >= 0.6 is 0 Å². The molecule has 1 fully saturated rings. The molecule has 0 spiro atoms. The second-order valence-corrected chi connectivity index (χ2v) is 5.17. The first-order chi connectivity index (χ1) is 11.6. The molecule has 24 heavy (non-hydrogen) atoms. The molecule has 1 saturated heterocycles. The maximum Gasteiger partial charge on any atom is 0.322 e. The van der Waals surface area contributed by atoms with Gasteiger partial charge in [0.15, 0.2) is 0 Å². The van der Waals surface area contributed by atoms with Gasteiger partial charge in [0.1, 0.15) is 6.04 Å². The average molecular weight is 320 g/mol. The van der Waals surface area contributed by atoms with E-state index in [0.717, 1.165) is 0 Å². The number of urea groups is 1. The molecule has 1 atom stereocenters. The fourth-order valence-corrected chi connectivity index (χ4v) is 2.38. The van der Waals surface area contributed by atoms with Gasteiger partial charge >= 0.3 is 6.03 Å². The van der Waals surface area contributed by atoms with Crippen LogP contribution in [-0.4, -0.2) is 17.8 Å². The van der Waals surface area contributed by atoms with Crippen molar-refractivity contribution in [1.29, 1.82) is 5.26 Å². The summed E-state index contributed by atoms with van der Waals surface area (Å²) in [5, 5.41) is 16.2. The largest absolute Gasteiger partial charge is 0.322 e. The Labute approximate surface area is 137 Å². The van der Waals surface area contributed by atoms with Crippen molar-refractivity contribution in [3.05, 3.63) is 65.2 Å². The second-order valence-electron chi connectivity index (χ2n) is 5.17. The smallest absolute Gasteiger partial charge is 0.322 e. The summed E-state index contributed by atoms with van der Waals surface area (Å²) >= 11 is 0. The summed E-state index contributed by atoms with van der Waals surface area (Å²) in [4.78, 5) is 35.2. The lowest BCUT2D eigenvalue weighted by Gasteiger charge is -2.11. The quantitative estimate of drug-likeness (QED) is 0.747. The maximum absolute atomic E-state index is 12.3. The number of hydrogen-bond donors (Lipinski definition) is 3. The number of carbonyl (C=O) groups excluding carboxylic acids is 3. The molecule has 7 nitrogen and oxygen atoms in total. The molecule has 4 amide bonds. The van der Waals surface area contributed by atoms with Gasteiger partial charge in [-0.25, -0.2) is 4.79 Å². The molecule has 1 aliphatic rings. The van der Waals surface area contributed by atoms with Crippen LogP contribution in [0.4, 0.5) is 10.5 Å². The molecule has 0 saturated carbocycles. The van der Waals surface area contributed by atoms with E-state index in [1.807, 2.05) is 6.07 Å².